The highest BCUT2D eigenvalue weighted by Gasteiger charge is 2.29. The van der Waals surface area contributed by atoms with Crippen LogP contribution in [0.3, 0.4) is 0 Å². The fourth-order valence-electron chi connectivity index (χ4n) is 2.58. The highest BCUT2D eigenvalue weighted by atomic mass is 35.5. The van der Waals surface area contributed by atoms with Gasteiger partial charge in [0.1, 0.15) is 0 Å². The van der Waals surface area contributed by atoms with Crippen molar-refractivity contribution >= 4 is 17.5 Å². The van der Waals surface area contributed by atoms with Gasteiger partial charge in [-0.15, -0.1) is 5.10 Å². The minimum Gasteiger partial charge on any atom is -0.330 e. The van der Waals surface area contributed by atoms with E-state index >= 15 is 0 Å². The quantitative estimate of drug-likeness (QED) is 0.862. The van der Waals surface area contributed by atoms with Crippen molar-refractivity contribution in [2.24, 2.45) is 0 Å². The Balaban J connectivity index is 1.83. The Bertz CT molecular complexity index is 748. The first-order chi connectivity index (χ1) is 10.6. The molecule has 0 N–H and O–H groups in total. The number of carbonyl (C=O) groups is 1. The van der Waals surface area contributed by atoms with E-state index in [0.717, 1.165) is 12.0 Å². The first kappa shape index (κ1) is 14.8. The van der Waals surface area contributed by atoms with Crippen molar-refractivity contribution in [2.75, 3.05) is 6.54 Å². The molecular weight excluding hydrogens is 304 g/mol. The normalized spacial score (nSPS) is 14.3. The summed E-state index contributed by atoms with van der Waals surface area (Å²) in [6.45, 7) is 3.98. The van der Waals surface area contributed by atoms with Crippen LogP contribution in [0.25, 0.3) is 0 Å². The third-order valence-corrected chi connectivity index (χ3v) is 3.97. The van der Waals surface area contributed by atoms with Crippen LogP contribution in [-0.4, -0.2) is 31.7 Å². The molecule has 0 bridgehead atoms. The SMILES string of the molecule is CCCn1nc2n(c1=O)CCN(Cc1ccc(Cl)cc1)C2=O. The van der Waals surface area contributed by atoms with E-state index in [2.05, 4.69) is 5.10 Å². The zero-order chi connectivity index (χ0) is 15.7. The Hall–Kier alpha value is -2.08. The number of benzene rings is 1. The molecule has 0 spiro atoms. The molecule has 1 aliphatic rings. The predicted octanol–water partition coefficient (Wildman–Crippen LogP) is 1.76. The van der Waals surface area contributed by atoms with Crippen molar-refractivity contribution < 1.29 is 4.79 Å². The molecule has 0 atom stereocenters. The Morgan fingerprint density at radius 1 is 1.18 bits per heavy atom. The zero-order valence-electron chi connectivity index (χ0n) is 12.3. The lowest BCUT2D eigenvalue weighted by Gasteiger charge is -2.26. The molecule has 3 rings (SSSR count). The molecule has 0 fully saturated rings. The van der Waals surface area contributed by atoms with Gasteiger partial charge in [-0.1, -0.05) is 30.7 Å². The smallest absolute Gasteiger partial charge is 0.330 e. The van der Waals surface area contributed by atoms with E-state index in [1.165, 1.54) is 9.25 Å². The summed E-state index contributed by atoms with van der Waals surface area (Å²) >= 11 is 5.87. The second-order valence-corrected chi connectivity index (χ2v) is 5.77. The summed E-state index contributed by atoms with van der Waals surface area (Å²) in [5, 5.41) is 4.85. The van der Waals surface area contributed by atoms with E-state index < -0.39 is 0 Å². The van der Waals surface area contributed by atoms with Gasteiger partial charge in [0.05, 0.1) is 0 Å². The topological polar surface area (TPSA) is 60.1 Å². The van der Waals surface area contributed by atoms with Gasteiger partial charge in [0.2, 0.25) is 5.82 Å². The van der Waals surface area contributed by atoms with Crippen LogP contribution >= 0.6 is 11.6 Å². The molecule has 0 radical (unpaired) electrons. The van der Waals surface area contributed by atoms with Crippen LogP contribution in [0, 0.1) is 0 Å². The third kappa shape index (κ3) is 2.66. The number of amides is 1. The molecule has 6 nitrogen and oxygen atoms in total. The maximum Gasteiger partial charge on any atom is 0.346 e. The second-order valence-electron chi connectivity index (χ2n) is 5.33. The molecule has 7 heteroatoms. The number of fused-ring (bicyclic) bond motifs is 1. The van der Waals surface area contributed by atoms with Gasteiger partial charge in [0, 0.05) is 31.2 Å². The molecule has 0 saturated heterocycles. The predicted molar refractivity (Wildman–Crippen MR) is 83.0 cm³/mol. The molecule has 1 aromatic carbocycles. The van der Waals surface area contributed by atoms with Crippen LogP contribution in [0.15, 0.2) is 29.1 Å². The number of carbonyl (C=O) groups excluding carboxylic acids is 1. The lowest BCUT2D eigenvalue weighted by atomic mass is 10.2. The summed E-state index contributed by atoms with van der Waals surface area (Å²) in [7, 11) is 0. The van der Waals surface area contributed by atoms with Gasteiger partial charge in [0.15, 0.2) is 0 Å². The van der Waals surface area contributed by atoms with Gasteiger partial charge in [-0.25, -0.2) is 9.48 Å². The van der Waals surface area contributed by atoms with Gasteiger partial charge >= 0.3 is 5.69 Å². The van der Waals surface area contributed by atoms with Crippen molar-refractivity contribution in [2.45, 2.75) is 33.0 Å². The molecular formula is C15H17ClN4O2. The third-order valence-electron chi connectivity index (χ3n) is 3.72. The Labute approximate surface area is 132 Å². The average molecular weight is 321 g/mol. The minimum atomic E-state index is -0.201. The zero-order valence-corrected chi connectivity index (χ0v) is 13.1. The van der Waals surface area contributed by atoms with Crippen molar-refractivity contribution in [3.63, 3.8) is 0 Å². The van der Waals surface area contributed by atoms with E-state index in [-0.39, 0.29) is 17.4 Å². The first-order valence-corrected chi connectivity index (χ1v) is 7.69. The van der Waals surface area contributed by atoms with Gasteiger partial charge in [-0.05, 0) is 24.1 Å². The fraction of sp³-hybridized carbons (Fsp3) is 0.400. The molecule has 0 unspecified atom stereocenters. The molecule has 1 amide bonds. The highest BCUT2D eigenvalue weighted by Crippen LogP contribution is 2.15. The van der Waals surface area contributed by atoms with Crippen molar-refractivity contribution in [1.29, 1.82) is 0 Å². The van der Waals surface area contributed by atoms with Crippen molar-refractivity contribution in [3.05, 3.63) is 51.2 Å². The summed E-state index contributed by atoms with van der Waals surface area (Å²) in [6.07, 6.45) is 0.805. The van der Waals surface area contributed by atoms with Crippen LogP contribution in [-0.2, 0) is 19.6 Å². The number of hydrogen-bond acceptors (Lipinski definition) is 3. The van der Waals surface area contributed by atoms with E-state index in [0.29, 0.717) is 31.2 Å². The lowest BCUT2D eigenvalue weighted by Crippen LogP contribution is -2.42. The van der Waals surface area contributed by atoms with Crippen LogP contribution in [0.1, 0.15) is 29.5 Å². The standard InChI is InChI=1S/C15H17ClN4O2/c1-2-7-20-15(22)19-9-8-18(14(21)13(19)17-20)10-11-3-5-12(16)6-4-11/h3-6H,2,7-10H2,1H3. The number of halogens is 1. The van der Waals surface area contributed by atoms with Crippen molar-refractivity contribution in [3.8, 4) is 0 Å². The summed E-state index contributed by atoms with van der Waals surface area (Å²) in [6, 6.07) is 7.40. The fourth-order valence-corrected chi connectivity index (χ4v) is 2.71. The van der Waals surface area contributed by atoms with Gasteiger partial charge < -0.3 is 4.90 Å². The molecule has 1 aliphatic heterocycles. The van der Waals surface area contributed by atoms with Crippen LogP contribution in [0.4, 0.5) is 0 Å². The lowest BCUT2D eigenvalue weighted by molar-refractivity contribution is 0.0681. The van der Waals surface area contributed by atoms with Gasteiger partial charge in [0.25, 0.3) is 5.91 Å². The van der Waals surface area contributed by atoms with E-state index in [9.17, 15) is 9.59 Å². The maximum absolute atomic E-state index is 12.5. The van der Waals surface area contributed by atoms with Crippen molar-refractivity contribution in [1.82, 2.24) is 19.2 Å². The molecule has 1 aromatic heterocycles. The largest absolute Gasteiger partial charge is 0.346 e. The van der Waals surface area contributed by atoms with Crippen LogP contribution in [0.2, 0.25) is 5.02 Å². The van der Waals surface area contributed by atoms with Crippen LogP contribution < -0.4 is 5.69 Å². The molecule has 0 saturated carbocycles. The Morgan fingerprint density at radius 3 is 2.59 bits per heavy atom. The van der Waals surface area contributed by atoms with E-state index in [1.54, 1.807) is 17.0 Å². The average Bonchev–Trinajstić information content (AvgIpc) is 2.82. The summed E-state index contributed by atoms with van der Waals surface area (Å²) in [5.74, 6) is 0.0341. The molecule has 22 heavy (non-hydrogen) atoms. The summed E-state index contributed by atoms with van der Waals surface area (Å²) in [5.41, 5.74) is 0.804. The number of aryl methyl sites for hydroxylation is 1. The van der Waals surface area contributed by atoms with Crippen LogP contribution in [0.5, 0.6) is 0 Å². The number of rotatable bonds is 4. The minimum absolute atomic E-state index is 0.198. The highest BCUT2D eigenvalue weighted by molar-refractivity contribution is 6.30. The first-order valence-electron chi connectivity index (χ1n) is 7.31. The Morgan fingerprint density at radius 2 is 1.91 bits per heavy atom. The maximum atomic E-state index is 12.5. The number of hydrogen-bond donors (Lipinski definition) is 0. The summed E-state index contributed by atoms with van der Waals surface area (Å²) < 4.78 is 2.84. The number of nitrogens with zero attached hydrogens (tertiary/aromatic N) is 4. The molecule has 0 aliphatic carbocycles. The van der Waals surface area contributed by atoms with E-state index in [1.807, 2.05) is 19.1 Å². The summed E-state index contributed by atoms with van der Waals surface area (Å²) in [4.78, 5) is 26.4. The second kappa shape index (κ2) is 5.96. The van der Waals surface area contributed by atoms with Gasteiger partial charge in [-0.2, -0.15) is 0 Å². The monoisotopic (exact) mass is 320 g/mol. The Kier molecular flexibility index (Phi) is 4.02. The van der Waals surface area contributed by atoms with E-state index in [4.69, 9.17) is 11.6 Å². The molecule has 2 aromatic rings. The number of aromatic nitrogens is 3. The molecule has 116 valence electrons. The molecule has 2 heterocycles. The van der Waals surface area contributed by atoms with Gasteiger partial charge in [-0.3, -0.25) is 9.36 Å².